The molecular formula is C14H19NO2. The molecule has 3 nitrogen and oxygen atoms in total. The van der Waals surface area contributed by atoms with E-state index in [1.54, 1.807) is 0 Å². The van der Waals surface area contributed by atoms with Crippen LogP contribution in [0.4, 0.5) is 5.69 Å². The van der Waals surface area contributed by atoms with Crippen molar-refractivity contribution in [3.8, 4) is 5.75 Å². The molecule has 3 heteroatoms. The van der Waals surface area contributed by atoms with Gasteiger partial charge in [-0.1, -0.05) is 6.07 Å². The second kappa shape index (κ2) is 5.21. The normalized spacial score (nSPS) is 20.1. The number of carbonyl (C=O) groups excluding carboxylic acids is 1. The molecule has 0 aliphatic heterocycles. The Hall–Kier alpha value is -1.51. The summed E-state index contributed by atoms with van der Waals surface area (Å²) in [4.78, 5) is 13.4. The number of anilines is 1. The van der Waals surface area contributed by atoms with Crippen LogP contribution < -0.4 is 9.64 Å². The van der Waals surface area contributed by atoms with Gasteiger partial charge in [-0.05, 0) is 25.0 Å². The second-order valence-electron chi connectivity index (χ2n) is 4.77. The highest BCUT2D eigenvalue weighted by molar-refractivity contribution is 5.79. The van der Waals surface area contributed by atoms with Gasteiger partial charge >= 0.3 is 0 Å². The Morgan fingerprint density at radius 2 is 2.18 bits per heavy atom. The molecule has 1 unspecified atom stereocenters. The number of carbonyl (C=O) groups is 1. The Morgan fingerprint density at radius 1 is 1.35 bits per heavy atom. The average Bonchev–Trinajstić information content (AvgIpc) is 2.29. The van der Waals surface area contributed by atoms with Gasteiger partial charge in [-0.2, -0.15) is 0 Å². The van der Waals surface area contributed by atoms with Gasteiger partial charge in [0.25, 0.3) is 0 Å². The van der Waals surface area contributed by atoms with E-state index in [1.165, 1.54) is 0 Å². The van der Waals surface area contributed by atoms with E-state index in [4.69, 9.17) is 4.74 Å². The fourth-order valence-electron chi connectivity index (χ4n) is 2.11. The molecule has 2 rings (SSSR count). The molecule has 0 amide bonds. The first-order valence-corrected chi connectivity index (χ1v) is 6.11. The number of Topliss-reactive ketones (excluding diaryl/α,β-unsaturated/α-hetero) is 1. The number of hydrogen-bond donors (Lipinski definition) is 0. The average molecular weight is 233 g/mol. The minimum atomic E-state index is 0.0636. The first kappa shape index (κ1) is 12.0. The molecule has 92 valence electrons. The van der Waals surface area contributed by atoms with E-state index >= 15 is 0 Å². The number of ketones is 1. The minimum Gasteiger partial charge on any atom is -0.490 e. The topological polar surface area (TPSA) is 29.5 Å². The molecule has 0 radical (unpaired) electrons. The van der Waals surface area contributed by atoms with Gasteiger partial charge in [0.1, 0.15) is 17.6 Å². The Balaban J connectivity index is 2.02. The van der Waals surface area contributed by atoms with Crippen molar-refractivity contribution in [1.29, 1.82) is 0 Å². The van der Waals surface area contributed by atoms with Crippen molar-refractivity contribution in [3.63, 3.8) is 0 Å². The van der Waals surface area contributed by atoms with E-state index in [0.29, 0.717) is 12.2 Å². The molecule has 1 fully saturated rings. The second-order valence-corrected chi connectivity index (χ2v) is 4.77. The van der Waals surface area contributed by atoms with Gasteiger partial charge < -0.3 is 9.64 Å². The molecule has 0 saturated heterocycles. The first-order valence-electron chi connectivity index (χ1n) is 6.11. The Labute approximate surface area is 102 Å². The fourth-order valence-corrected chi connectivity index (χ4v) is 2.11. The molecule has 1 saturated carbocycles. The summed E-state index contributed by atoms with van der Waals surface area (Å²) in [6, 6.07) is 7.99. The molecule has 0 bridgehead atoms. The molecule has 1 aliphatic rings. The summed E-state index contributed by atoms with van der Waals surface area (Å²) < 4.78 is 5.87. The molecule has 17 heavy (non-hydrogen) atoms. The predicted octanol–water partition coefficient (Wildman–Crippen LogP) is 2.64. The van der Waals surface area contributed by atoms with Crippen molar-refractivity contribution >= 4 is 11.5 Å². The molecule has 0 aromatic heterocycles. The van der Waals surface area contributed by atoms with E-state index in [0.717, 1.165) is 30.7 Å². The molecule has 0 heterocycles. The molecule has 1 atom stereocenters. The molecule has 1 aromatic carbocycles. The Kier molecular flexibility index (Phi) is 3.67. The van der Waals surface area contributed by atoms with E-state index in [1.807, 2.05) is 43.3 Å². The highest BCUT2D eigenvalue weighted by Gasteiger charge is 2.20. The summed E-state index contributed by atoms with van der Waals surface area (Å²) in [6.07, 6.45) is 3.28. The zero-order valence-corrected chi connectivity index (χ0v) is 10.5. The van der Waals surface area contributed by atoms with E-state index in [-0.39, 0.29) is 6.10 Å². The maximum absolute atomic E-state index is 11.4. The molecule has 1 aromatic rings. The van der Waals surface area contributed by atoms with Crippen molar-refractivity contribution in [3.05, 3.63) is 24.3 Å². The molecule has 1 aliphatic carbocycles. The monoisotopic (exact) mass is 233 g/mol. The molecule has 0 N–H and O–H groups in total. The standard InChI is InChI=1S/C14H19NO2/c1-15(2)11-5-3-7-13(9-11)17-14-8-4-6-12(16)10-14/h3,5,7,9,14H,4,6,8,10H2,1-2H3. The summed E-state index contributed by atoms with van der Waals surface area (Å²) >= 11 is 0. The fraction of sp³-hybridized carbons (Fsp3) is 0.500. The summed E-state index contributed by atoms with van der Waals surface area (Å²) in [5.41, 5.74) is 1.12. The van der Waals surface area contributed by atoms with Crippen LogP contribution in [0, 0.1) is 0 Å². The van der Waals surface area contributed by atoms with Crippen LogP contribution in [0.1, 0.15) is 25.7 Å². The zero-order valence-electron chi connectivity index (χ0n) is 10.5. The maximum atomic E-state index is 11.4. The van der Waals surface area contributed by atoms with Crippen LogP contribution in [0.3, 0.4) is 0 Å². The highest BCUT2D eigenvalue weighted by Crippen LogP contribution is 2.24. The van der Waals surface area contributed by atoms with Gasteiger partial charge in [0.2, 0.25) is 0 Å². The van der Waals surface area contributed by atoms with Crippen LogP contribution >= 0.6 is 0 Å². The summed E-state index contributed by atoms with van der Waals surface area (Å²) in [6.45, 7) is 0. The van der Waals surface area contributed by atoms with E-state index in [2.05, 4.69) is 0 Å². The van der Waals surface area contributed by atoms with Crippen molar-refractivity contribution in [1.82, 2.24) is 0 Å². The van der Waals surface area contributed by atoms with Crippen LogP contribution in [0.2, 0.25) is 0 Å². The van der Waals surface area contributed by atoms with Gasteiger partial charge in [0.05, 0.1) is 0 Å². The number of benzene rings is 1. The van der Waals surface area contributed by atoms with E-state index in [9.17, 15) is 4.79 Å². The lowest BCUT2D eigenvalue weighted by molar-refractivity contribution is -0.122. The highest BCUT2D eigenvalue weighted by atomic mass is 16.5. The van der Waals surface area contributed by atoms with E-state index < -0.39 is 0 Å². The lowest BCUT2D eigenvalue weighted by Crippen LogP contribution is -2.25. The largest absolute Gasteiger partial charge is 0.490 e. The van der Waals surface area contributed by atoms with Crippen LogP contribution in [-0.4, -0.2) is 26.0 Å². The van der Waals surface area contributed by atoms with Gasteiger partial charge in [-0.15, -0.1) is 0 Å². The minimum absolute atomic E-state index is 0.0636. The number of ether oxygens (including phenoxy) is 1. The number of nitrogens with zero attached hydrogens (tertiary/aromatic N) is 1. The van der Waals surface area contributed by atoms with Gasteiger partial charge in [-0.25, -0.2) is 0 Å². The van der Waals surface area contributed by atoms with Gasteiger partial charge in [0.15, 0.2) is 0 Å². The zero-order chi connectivity index (χ0) is 12.3. The quantitative estimate of drug-likeness (QED) is 0.803. The van der Waals surface area contributed by atoms with Crippen LogP contribution in [0.5, 0.6) is 5.75 Å². The summed E-state index contributed by atoms with van der Waals surface area (Å²) in [5.74, 6) is 1.18. The Bertz CT molecular complexity index is 401. The first-order chi connectivity index (χ1) is 8.15. The maximum Gasteiger partial charge on any atom is 0.136 e. The van der Waals surface area contributed by atoms with Crippen molar-refractivity contribution in [2.24, 2.45) is 0 Å². The lowest BCUT2D eigenvalue weighted by Gasteiger charge is -2.23. The molecule has 0 spiro atoms. The number of hydrogen-bond acceptors (Lipinski definition) is 3. The predicted molar refractivity (Wildman–Crippen MR) is 68.7 cm³/mol. The third-order valence-corrected chi connectivity index (χ3v) is 3.07. The third kappa shape index (κ3) is 3.22. The SMILES string of the molecule is CN(C)c1cccc(OC2CCCC(=O)C2)c1. The van der Waals surface area contributed by atoms with Crippen molar-refractivity contribution in [2.75, 3.05) is 19.0 Å². The van der Waals surface area contributed by atoms with Crippen molar-refractivity contribution in [2.45, 2.75) is 31.8 Å². The van der Waals surface area contributed by atoms with Crippen molar-refractivity contribution < 1.29 is 9.53 Å². The van der Waals surface area contributed by atoms with Gasteiger partial charge in [-0.3, -0.25) is 4.79 Å². The summed E-state index contributed by atoms with van der Waals surface area (Å²) in [5, 5.41) is 0. The van der Waals surface area contributed by atoms with Crippen LogP contribution in [0.25, 0.3) is 0 Å². The molecular weight excluding hydrogens is 214 g/mol. The van der Waals surface area contributed by atoms with Crippen LogP contribution in [-0.2, 0) is 4.79 Å². The smallest absolute Gasteiger partial charge is 0.136 e. The lowest BCUT2D eigenvalue weighted by atomic mass is 9.96. The van der Waals surface area contributed by atoms with Gasteiger partial charge in [0, 0.05) is 38.7 Å². The Morgan fingerprint density at radius 3 is 2.88 bits per heavy atom. The van der Waals surface area contributed by atoms with Crippen LogP contribution in [0.15, 0.2) is 24.3 Å². The summed E-state index contributed by atoms with van der Waals surface area (Å²) in [7, 11) is 4.01. The third-order valence-electron chi connectivity index (χ3n) is 3.07. The number of rotatable bonds is 3.